The number of carbonyl (C=O) groups is 1. The van der Waals surface area contributed by atoms with Crippen molar-refractivity contribution in [2.24, 2.45) is 5.73 Å². The molecule has 3 aromatic rings. The molecule has 9 heteroatoms. The molecule has 1 aromatic heterocycles. The zero-order valence-corrected chi connectivity index (χ0v) is 20.6. The lowest BCUT2D eigenvalue weighted by Crippen LogP contribution is -2.40. The summed E-state index contributed by atoms with van der Waals surface area (Å²) < 4.78 is 6.75. The van der Waals surface area contributed by atoms with E-state index in [1.807, 2.05) is 32.0 Å². The van der Waals surface area contributed by atoms with Gasteiger partial charge in [0.15, 0.2) is 0 Å². The zero-order chi connectivity index (χ0) is 24.2. The maximum atomic E-state index is 11.8. The molecule has 1 aliphatic heterocycles. The number of benzene rings is 2. The number of piperidine rings is 1. The van der Waals surface area contributed by atoms with Crippen LogP contribution in [-0.4, -0.2) is 35.0 Å². The molecule has 174 valence electrons. The van der Waals surface area contributed by atoms with Crippen LogP contribution in [0.3, 0.4) is 0 Å². The Morgan fingerprint density at radius 1 is 1.24 bits per heavy atom. The Morgan fingerprint density at radius 3 is 2.56 bits per heavy atom. The SMILES string of the molecule is Cc1cc(C#N)cc(C)c1Oc1nc(NC2CCN(c3ccccc3C(N)=O)CC2)ncc1Br. The third-order valence-electron chi connectivity index (χ3n) is 5.84. The Balaban J connectivity index is 1.44. The van der Waals surface area contributed by atoms with Crippen LogP contribution in [0.4, 0.5) is 11.6 Å². The van der Waals surface area contributed by atoms with E-state index >= 15 is 0 Å². The highest BCUT2D eigenvalue weighted by Gasteiger charge is 2.23. The first-order valence-electron chi connectivity index (χ1n) is 11.0. The van der Waals surface area contributed by atoms with E-state index < -0.39 is 5.91 Å². The van der Waals surface area contributed by atoms with Gasteiger partial charge in [-0.1, -0.05) is 12.1 Å². The summed E-state index contributed by atoms with van der Waals surface area (Å²) in [5.41, 5.74) is 9.27. The topological polar surface area (TPSA) is 117 Å². The highest BCUT2D eigenvalue weighted by atomic mass is 79.9. The van der Waals surface area contributed by atoms with Crippen molar-refractivity contribution < 1.29 is 9.53 Å². The largest absolute Gasteiger partial charge is 0.437 e. The van der Waals surface area contributed by atoms with Gasteiger partial charge in [-0.2, -0.15) is 10.2 Å². The minimum absolute atomic E-state index is 0.185. The maximum Gasteiger partial charge on any atom is 0.250 e. The van der Waals surface area contributed by atoms with Gasteiger partial charge in [-0.15, -0.1) is 0 Å². The Bertz CT molecular complexity index is 1240. The first-order valence-corrected chi connectivity index (χ1v) is 11.8. The third kappa shape index (κ3) is 5.13. The number of anilines is 2. The quantitative estimate of drug-likeness (QED) is 0.483. The summed E-state index contributed by atoms with van der Waals surface area (Å²) >= 11 is 3.47. The Morgan fingerprint density at radius 2 is 1.91 bits per heavy atom. The summed E-state index contributed by atoms with van der Waals surface area (Å²) in [7, 11) is 0. The molecule has 3 N–H and O–H groups in total. The minimum Gasteiger partial charge on any atom is -0.437 e. The molecule has 0 bridgehead atoms. The van der Waals surface area contributed by atoms with E-state index in [0.717, 1.165) is 42.7 Å². The van der Waals surface area contributed by atoms with Crippen LogP contribution < -0.4 is 20.7 Å². The number of halogens is 1. The average Bonchev–Trinajstić information content (AvgIpc) is 2.83. The summed E-state index contributed by atoms with van der Waals surface area (Å²) in [4.78, 5) is 22.9. The normalized spacial score (nSPS) is 13.9. The summed E-state index contributed by atoms with van der Waals surface area (Å²) in [6, 6.07) is 13.4. The van der Waals surface area contributed by atoms with Gasteiger partial charge in [-0.05, 0) is 78.0 Å². The van der Waals surface area contributed by atoms with Crippen LogP contribution in [0.25, 0.3) is 0 Å². The predicted molar refractivity (Wildman–Crippen MR) is 134 cm³/mol. The second-order valence-corrected chi connectivity index (χ2v) is 9.14. The van der Waals surface area contributed by atoms with E-state index in [2.05, 4.69) is 42.2 Å². The van der Waals surface area contributed by atoms with Gasteiger partial charge < -0.3 is 20.7 Å². The van der Waals surface area contributed by atoms with Gasteiger partial charge in [-0.25, -0.2) is 4.98 Å². The van der Waals surface area contributed by atoms with E-state index in [4.69, 9.17) is 10.5 Å². The number of nitrogens with two attached hydrogens (primary N) is 1. The molecular weight excluding hydrogens is 496 g/mol. The van der Waals surface area contributed by atoms with Crippen LogP contribution in [0.1, 0.15) is 39.9 Å². The number of para-hydroxylation sites is 1. The molecule has 1 fully saturated rings. The first-order chi connectivity index (χ1) is 16.4. The van der Waals surface area contributed by atoms with Crippen molar-refractivity contribution in [3.8, 4) is 17.7 Å². The van der Waals surface area contributed by atoms with Crippen molar-refractivity contribution >= 4 is 33.5 Å². The smallest absolute Gasteiger partial charge is 0.250 e. The maximum absolute atomic E-state index is 11.8. The molecule has 0 atom stereocenters. The molecule has 8 nitrogen and oxygen atoms in total. The lowest BCUT2D eigenvalue weighted by molar-refractivity contribution is 0.100. The molecule has 0 aliphatic carbocycles. The molecule has 1 aliphatic rings. The van der Waals surface area contributed by atoms with Crippen molar-refractivity contribution in [3.05, 3.63) is 69.3 Å². The number of nitrogens with zero attached hydrogens (tertiary/aromatic N) is 4. The molecule has 34 heavy (non-hydrogen) atoms. The lowest BCUT2D eigenvalue weighted by Gasteiger charge is -2.34. The number of carbonyl (C=O) groups excluding carboxylic acids is 1. The fraction of sp³-hybridized carbons (Fsp3) is 0.280. The number of nitriles is 1. The number of aromatic nitrogens is 2. The molecular formula is C25H25BrN6O2. The van der Waals surface area contributed by atoms with E-state index in [1.54, 1.807) is 24.4 Å². The number of hydrogen-bond acceptors (Lipinski definition) is 7. The molecule has 1 amide bonds. The van der Waals surface area contributed by atoms with Crippen LogP contribution in [0.2, 0.25) is 0 Å². The highest BCUT2D eigenvalue weighted by Crippen LogP contribution is 2.33. The van der Waals surface area contributed by atoms with Crippen LogP contribution in [0.15, 0.2) is 47.1 Å². The Kier molecular flexibility index (Phi) is 6.98. The molecule has 0 spiro atoms. The second kappa shape index (κ2) is 10.1. The van der Waals surface area contributed by atoms with Gasteiger partial charge in [0.1, 0.15) is 5.75 Å². The van der Waals surface area contributed by atoms with E-state index in [9.17, 15) is 10.1 Å². The predicted octanol–water partition coefficient (Wildman–Crippen LogP) is 4.70. The summed E-state index contributed by atoms with van der Waals surface area (Å²) in [5, 5.41) is 12.6. The number of rotatable bonds is 6. The van der Waals surface area contributed by atoms with Gasteiger partial charge in [0.05, 0.1) is 27.9 Å². The van der Waals surface area contributed by atoms with Crippen molar-refractivity contribution in [1.82, 2.24) is 9.97 Å². The molecule has 0 unspecified atom stereocenters. The van der Waals surface area contributed by atoms with Crippen LogP contribution in [0.5, 0.6) is 11.6 Å². The number of primary amides is 1. The van der Waals surface area contributed by atoms with Crippen LogP contribution in [-0.2, 0) is 0 Å². The van der Waals surface area contributed by atoms with Gasteiger partial charge in [-0.3, -0.25) is 4.79 Å². The monoisotopic (exact) mass is 520 g/mol. The van der Waals surface area contributed by atoms with Gasteiger partial charge in [0.2, 0.25) is 11.8 Å². The Labute approximate surface area is 206 Å². The number of nitrogens with one attached hydrogen (secondary N) is 1. The van der Waals surface area contributed by atoms with Crippen LogP contribution >= 0.6 is 15.9 Å². The van der Waals surface area contributed by atoms with Crippen molar-refractivity contribution in [2.75, 3.05) is 23.3 Å². The van der Waals surface area contributed by atoms with E-state index in [1.165, 1.54) is 0 Å². The average molecular weight is 521 g/mol. The lowest BCUT2D eigenvalue weighted by atomic mass is 10.0. The summed E-state index contributed by atoms with van der Waals surface area (Å²) in [6.45, 7) is 5.38. The first kappa shape index (κ1) is 23.5. The van der Waals surface area contributed by atoms with Gasteiger partial charge in [0, 0.05) is 24.8 Å². The fourth-order valence-corrected chi connectivity index (χ4v) is 4.44. The van der Waals surface area contributed by atoms with E-state index in [0.29, 0.717) is 33.2 Å². The highest BCUT2D eigenvalue weighted by molar-refractivity contribution is 9.10. The Hall–Kier alpha value is -3.64. The molecule has 0 saturated carbocycles. The number of ether oxygens (including phenoxy) is 1. The van der Waals surface area contributed by atoms with Crippen LogP contribution in [0, 0.1) is 25.2 Å². The van der Waals surface area contributed by atoms with Crippen molar-refractivity contribution in [3.63, 3.8) is 0 Å². The van der Waals surface area contributed by atoms with Crippen molar-refractivity contribution in [2.45, 2.75) is 32.7 Å². The number of hydrogen-bond donors (Lipinski definition) is 2. The number of amides is 1. The fourth-order valence-electron chi connectivity index (χ4n) is 4.17. The van der Waals surface area contributed by atoms with E-state index in [-0.39, 0.29) is 6.04 Å². The molecule has 4 rings (SSSR count). The minimum atomic E-state index is -0.417. The van der Waals surface area contributed by atoms with Crippen molar-refractivity contribution in [1.29, 1.82) is 5.26 Å². The van der Waals surface area contributed by atoms with Gasteiger partial charge >= 0.3 is 0 Å². The molecule has 2 aromatic carbocycles. The molecule has 1 saturated heterocycles. The standard InChI is InChI=1S/C25H25BrN6O2/c1-15-11-17(13-27)12-16(2)22(15)34-24-20(26)14-29-25(31-24)30-18-7-9-32(10-8-18)21-6-4-3-5-19(21)23(28)33/h3-6,11-12,14,18H,7-10H2,1-2H3,(H2,28,33)(H,29,30,31). The zero-order valence-electron chi connectivity index (χ0n) is 19.0. The summed E-state index contributed by atoms with van der Waals surface area (Å²) in [5.74, 6) is 1.14. The summed E-state index contributed by atoms with van der Waals surface area (Å²) in [6.07, 6.45) is 3.38. The number of aryl methyl sites for hydroxylation is 2. The third-order valence-corrected chi connectivity index (χ3v) is 6.38. The molecule has 2 heterocycles. The molecule has 0 radical (unpaired) electrons. The second-order valence-electron chi connectivity index (χ2n) is 8.29. The van der Waals surface area contributed by atoms with Gasteiger partial charge in [0.25, 0.3) is 5.91 Å².